The first-order valence-corrected chi connectivity index (χ1v) is 5.94. The van der Waals surface area contributed by atoms with Crippen LogP contribution in [0.1, 0.15) is 20.3 Å². The number of nitrogens with one attached hydrogen (secondary N) is 3. The largest absolute Gasteiger partial charge is 0.481 e. The first-order valence-electron chi connectivity index (χ1n) is 5.94. The average Bonchev–Trinajstić information content (AvgIpc) is 2.62. The minimum Gasteiger partial charge on any atom is -0.481 e. The van der Waals surface area contributed by atoms with Gasteiger partial charge in [0.25, 0.3) is 0 Å². The summed E-state index contributed by atoms with van der Waals surface area (Å²) >= 11 is 0. The molecular formula is C11H19N3O4. The summed E-state index contributed by atoms with van der Waals surface area (Å²) in [6, 6.07) is -0.664. The van der Waals surface area contributed by atoms with Gasteiger partial charge in [0.15, 0.2) is 0 Å². The molecule has 7 heteroatoms. The molecule has 1 saturated heterocycles. The second-order valence-electron chi connectivity index (χ2n) is 4.75. The molecular weight excluding hydrogens is 238 g/mol. The smallest absolute Gasteiger partial charge is 0.315 e. The Hall–Kier alpha value is -1.79. The highest BCUT2D eigenvalue weighted by Crippen LogP contribution is 2.09. The lowest BCUT2D eigenvalue weighted by Crippen LogP contribution is -2.45. The molecule has 0 aromatic carbocycles. The summed E-state index contributed by atoms with van der Waals surface area (Å²) < 4.78 is 0. The molecule has 18 heavy (non-hydrogen) atoms. The van der Waals surface area contributed by atoms with Gasteiger partial charge in [-0.15, -0.1) is 0 Å². The number of carbonyl (C=O) groups is 3. The van der Waals surface area contributed by atoms with Crippen LogP contribution < -0.4 is 16.0 Å². The SMILES string of the molecule is CC(C)C(CNC(=O)NC1CNC(=O)C1)C(=O)O. The lowest BCUT2D eigenvalue weighted by atomic mass is 9.96. The molecule has 102 valence electrons. The highest BCUT2D eigenvalue weighted by atomic mass is 16.4. The third-order valence-electron chi connectivity index (χ3n) is 2.92. The number of hydrogen-bond donors (Lipinski definition) is 4. The Balaban J connectivity index is 2.31. The number of urea groups is 1. The van der Waals surface area contributed by atoms with Crippen LogP contribution in [0.25, 0.3) is 0 Å². The van der Waals surface area contributed by atoms with Crippen LogP contribution in [0, 0.1) is 11.8 Å². The van der Waals surface area contributed by atoms with E-state index in [2.05, 4.69) is 16.0 Å². The van der Waals surface area contributed by atoms with Crippen molar-refractivity contribution in [3.63, 3.8) is 0 Å². The topological polar surface area (TPSA) is 108 Å². The first-order chi connectivity index (χ1) is 8.40. The molecule has 7 nitrogen and oxygen atoms in total. The Labute approximate surface area is 105 Å². The van der Waals surface area contributed by atoms with E-state index in [0.29, 0.717) is 6.54 Å². The fourth-order valence-corrected chi connectivity index (χ4v) is 1.75. The quantitative estimate of drug-likeness (QED) is 0.534. The Morgan fingerprint density at radius 2 is 2.17 bits per heavy atom. The third kappa shape index (κ3) is 4.23. The zero-order valence-corrected chi connectivity index (χ0v) is 10.5. The summed E-state index contributed by atoms with van der Waals surface area (Å²) in [5, 5.41) is 16.7. The van der Waals surface area contributed by atoms with Crippen molar-refractivity contribution < 1.29 is 19.5 Å². The molecule has 0 bridgehead atoms. The van der Waals surface area contributed by atoms with Gasteiger partial charge in [-0.05, 0) is 5.92 Å². The maximum atomic E-state index is 11.5. The molecule has 0 spiro atoms. The van der Waals surface area contributed by atoms with Crippen molar-refractivity contribution in [2.24, 2.45) is 11.8 Å². The number of carboxylic acids is 1. The van der Waals surface area contributed by atoms with Crippen molar-refractivity contribution in [2.75, 3.05) is 13.1 Å². The van der Waals surface area contributed by atoms with Crippen LogP contribution in [0.5, 0.6) is 0 Å². The normalized spacial score (nSPS) is 20.4. The van der Waals surface area contributed by atoms with Crippen molar-refractivity contribution >= 4 is 17.9 Å². The Morgan fingerprint density at radius 1 is 1.50 bits per heavy atom. The summed E-state index contributed by atoms with van der Waals surface area (Å²) in [7, 11) is 0. The maximum absolute atomic E-state index is 11.5. The highest BCUT2D eigenvalue weighted by molar-refractivity contribution is 5.81. The molecule has 0 aromatic heterocycles. The molecule has 0 aliphatic carbocycles. The van der Waals surface area contributed by atoms with Crippen molar-refractivity contribution in [3.8, 4) is 0 Å². The lowest BCUT2D eigenvalue weighted by molar-refractivity contribution is -0.142. The van der Waals surface area contributed by atoms with Crippen LogP contribution in [0.4, 0.5) is 4.79 Å². The summed E-state index contributed by atoms with van der Waals surface area (Å²) in [5.74, 6) is -1.69. The maximum Gasteiger partial charge on any atom is 0.315 e. The van der Waals surface area contributed by atoms with E-state index in [-0.39, 0.29) is 30.8 Å². The minimum atomic E-state index is -0.928. The molecule has 2 atom stereocenters. The molecule has 1 heterocycles. The van der Waals surface area contributed by atoms with E-state index in [1.165, 1.54) is 0 Å². The summed E-state index contributed by atoms with van der Waals surface area (Å²) in [6.45, 7) is 4.07. The standard InChI is InChI=1S/C11H19N3O4/c1-6(2)8(10(16)17)5-13-11(18)14-7-3-9(15)12-4-7/h6-8H,3-5H2,1-2H3,(H,12,15)(H,16,17)(H2,13,14,18). The van der Waals surface area contributed by atoms with E-state index in [4.69, 9.17) is 5.11 Å². The van der Waals surface area contributed by atoms with Crippen molar-refractivity contribution in [2.45, 2.75) is 26.3 Å². The van der Waals surface area contributed by atoms with Gasteiger partial charge in [0.05, 0.1) is 12.0 Å². The zero-order chi connectivity index (χ0) is 13.7. The molecule has 1 aliphatic heterocycles. The Kier molecular flexibility index (Phi) is 4.94. The zero-order valence-electron chi connectivity index (χ0n) is 10.5. The fraction of sp³-hybridized carbons (Fsp3) is 0.727. The van der Waals surface area contributed by atoms with Gasteiger partial charge < -0.3 is 21.1 Å². The summed E-state index contributed by atoms with van der Waals surface area (Å²) in [4.78, 5) is 33.3. The van der Waals surface area contributed by atoms with Crippen molar-refractivity contribution in [1.82, 2.24) is 16.0 Å². The highest BCUT2D eigenvalue weighted by Gasteiger charge is 2.25. The van der Waals surface area contributed by atoms with Crippen LogP contribution in [0.15, 0.2) is 0 Å². The number of rotatable bonds is 5. The van der Waals surface area contributed by atoms with E-state index in [0.717, 1.165) is 0 Å². The number of amides is 3. The van der Waals surface area contributed by atoms with E-state index >= 15 is 0 Å². The van der Waals surface area contributed by atoms with Crippen LogP contribution >= 0.6 is 0 Å². The number of hydrogen-bond acceptors (Lipinski definition) is 3. The Morgan fingerprint density at radius 3 is 2.61 bits per heavy atom. The van der Waals surface area contributed by atoms with E-state index in [1.807, 2.05) is 0 Å². The van der Waals surface area contributed by atoms with Gasteiger partial charge in [-0.1, -0.05) is 13.8 Å². The van der Waals surface area contributed by atoms with Crippen LogP contribution in [-0.4, -0.2) is 42.1 Å². The minimum absolute atomic E-state index is 0.0578. The molecule has 2 unspecified atom stereocenters. The van der Waals surface area contributed by atoms with Crippen LogP contribution in [0.2, 0.25) is 0 Å². The van der Waals surface area contributed by atoms with Crippen molar-refractivity contribution in [1.29, 1.82) is 0 Å². The second-order valence-corrected chi connectivity index (χ2v) is 4.75. The van der Waals surface area contributed by atoms with Gasteiger partial charge >= 0.3 is 12.0 Å². The predicted molar refractivity (Wildman–Crippen MR) is 63.9 cm³/mol. The van der Waals surface area contributed by atoms with E-state index in [9.17, 15) is 14.4 Å². The molecule has 0 radical (unpaired) electrons. The van der Waals surface area contributed by atoms with Gasteiger partial charge in [0, 0.05) is 19.5 Å². The summed E-state index contributed by atoms with van der Waals surface area (Å²) in [6.07, 6.45) is 0.264. The third-order valence-corrected chi connectivity index (χ3v) is 2.92. The number of carbonyl (C=O) groups excluding carboxylic acids is 2. The molecule has 0 saturated carbocycles. The lowest BCUT2D eigenvalue weighted by Gasteiger charge is -2.18. The van der Waals surface area contributed by atoms with Gasteiger partial charge in [0.2, 0.25) is 5.91 Å². The predicted octanol–water partition coefficient (Wildman–Crippen LogP) is -0.469. The monoisotopic (exact) mass is 257 g/mol. The van der Waals surface area contributed by atoms with Gasteiger partial charge in [-0.3, -0.25) is 9.59 Å². The van der Waals surface area contributed by atoms with Crippen molar-refractivity contribution in [3.05, 3.63) is 0 Å². The molecule has 0 aromatic rings. The second kappa shape index (κ2) is 6.23. The van der Waals surface area contributed by atoms with Gasteiger partial charge in [-0.2, -0.15) is 0 Å². The average molecular weight is 257 g/mol. The first kappa shape index (κ1) is 14.3. The number of aliphatic carboxylic acids is 1. The van der Waals surface area contributed by atoms with Gasteiger partial charge in [-0.25, -0.2) is 4.79 Å². The van der Waals surface area contributed by atoms with E-state index in [1.54, 1.807) is 13.8 Å². The number of carboxylic acid groups (broad SMARTS) is 1. The fourth-order valence-electron chi connectivity index (χ4n) is 1.75. The van der Waals surface area contributed by atoms with E-state index < -0.39 is 17.9 Å². The van der Waals surface area contributed by atoms with Crippen LogP contribution in [0.3, 0.4) is 0 Å². The van der Waals surface area contributed by atoms with Crippen LogP contribution in [-0.2, 0) is 9.59 Å². The summed E-state index contributed by atoms with van der Waals surface area (Å²) in [5.41, 5.74) is 0. The molecule has 1 aliphatic rings. The molecule has 1 rings (SSSR count). The Bertz CT molecular complexity index is 343. The molecule has 3 amide bonds. The van der Waals surface area contributed by atoms with Gasteiger partial charge in [0.1, 0.15) is 0 Å². The molecule has 1 fully saturated rings. The molecule has 4 N–H and O–H groups in total.